The largest absolute Gasteiger partial charge is 0.299 e. The van der Waals surface area contributed by atoms with E-state index < -0.39 is 0 Å². The second-order valence-electron chi connectivity index (χ2n) is 10.8. The maximum atomic E-state index is 12.9. The van der Waals surface area contributed by atoms with Crippen molar-refractivity contribution in [2.24, 2.45) is 82.9 Å². The van der Waals surface area contributed by atoms with Crippen molar-refractivity contribution in [1.29, 1.82) is 0 Å². The third-order valence-electron chi connectivity index (χ3n) is 10.8. The Balaban J connectivity index is 1.67. The third kappa shape index (κ3) is 1.58. The first-order chi connectivity index (χ1) is 11.4. The van der Waals surface area contributed by atoms with E-state index in [1.165, 1.54) is 12.8 Å². The SMILES string of the molecule is CC1C(=O)C(C)C2C1C1C(C)C(C)C3CCC4C(C)C(C)C2C1C34. The van der Waals surface area contributed by atoms with E-state index in [0.717, 1.165) is 59.2 Å². The molecule has 0 aromatic rings. The van der Waals surface area contributed by atoms with Crippen LogP contribution in [0.4, 0.5) is 0 Å². The van der Waals surface area contributed by atoms with E-state index in [2.05, 4.69) is 41.5 Å². The molecular formula is C23H36O. The zero-order chi connectivity index (χ0) is 17.1. The Hall–Kier alpha value is -0.330. The molecule has 0 heterocycles. The average molecular weight is 329 g/mol. The molecule has 0 aromatic carbocycles. The van der Waals surface area contributed by atoms with Gasteiger partial charge in [0.2, 0.25) is 0 Å². The molecule has 5 rings (SSSR count). The van der Waals surface area contributed by atoms with Gasteiger partial charge >= 0.3 is 0 Å². The van der Waals surface area contributed by atoms with Crippen LogP contribution < -0.4 is 0 Å². The Bertz CT molecular complexity index is 520. The van der Waals surface area contributed by atoms with Crippen LogP contribution in [0.1, 0.15) is 54.4 Å². The van der Waals surface area contributed by atoms with Crippen LogP contribution in [0.3, 0.4) is 0 Å². The van der Waals surface area contributed by atoms with Gasteiger partial charge in [0.1, 0.15) is 5.78 Å². The molecule has 5 fully saturated rings. The quantitative estimate of drug-likeness (QED) is 0.601. The van der Waals surface area contributed by atoms with Crippen LogP contribution in [-0.4, -0.2) is 5.78 Å². The zero-order valence-corrected chi connectivity index (χ0v) is 16.4. The number of ketones is 1. The van der Waals surface area contributed by atoms with Crippen molar-refractivity contribution >= 4 is 5.78 Å². The number of hydrogen-bond acceptors (Lipinski definition) is 1. The van der Waals surface area contributed by atoms with Crippen molar-refractivity contribution in [3.63, 3.8) is 0 Å². The maximum Gasteiger partial charge on any atom is 0.139 e. The highest BCUT2D eigenvalue weighted by Gasteiger charge is 2.70. The fourth-order valence-corrected chi connectivity index (χ4v) is 9.69. The molecule has 0 aliphatic heterocycles. The molecule has 12 unspecified atom stereocenters. The lowest BCUT2D eigenvalue weighted by Crippen LogP contribution is -2.52. The van der Waals surface area contributed by atoms with Gasteiger partial charge in [-0.15, -0.1) is 0 Å². The Kier molecular flexibility index (Phi) is 3.24. The van der Waals surface area contributed by atoms with Crippen LogP contribution in [0.5, 0.6) is 0 Å². The molecule has 5 aliphatic rings. The highest BCUT2D eigenvalue weighted by atomic mass is 16.1. The standard InChI is InChI=1S/C23H36O/c1-9-11(3)17-19-13(5)23(24)14(6)20(19)18-12(4)10(2)16-8-7-15(9)21(16)22(17)18/h9-22H,7-8H2,1-6H3. The van der Waals surface area contributed by atoms with Crippen LogP contribution in [0.15, 0.2) is 0 Å². The number of carbonyl (C=O) groups is 1. The summed E-state index contributed by atoms with van der Waals surface area (Å²) in [6.45, 7) is 14.8. The van der Waals surface area contributed by atoms with Crippen LogP contribution in [0.2, 0.25) is 0 Å². The molecule has 134 valence electrons. The number of rotatable bonds is 0. The minimum absolute atomic E-state index is 0.328. The van der Waals surface area contributed by atoms with Gasteiger partial charge in [0.15, 0.2) is 0 Å². The zero-order valence-electron chi connectivity index (χ0n) is 16.4. The molecule has 0 spiro atoms. The summed E-state index contributed by atoms with van der Waals surface area (Å²) in [5.41, 5.74) is 0. The van der Waals surface area contributed by atoms with Crippen molar-refractivity contribution in [3.8, 4) is 0 Å². The van der Waals surface area contributed by atoms with E-state index in [1.54, 1.807) is 0 Å². The second-order valence-corrected chi connectivity index (χ2v) is 10.8. The number of carbonyl (C=O) groups excluding carboxylic acids is 1. The van der Waals surface area contributed by atoms with Crippen molar-refractivity contribution in [3.05, 3.63) is 0 Å². The Morgan fingerprint density at radius 1 is 0.542 bits per heavy atom. The van der Waals surface area contributed by atoms with Crippen LogP contribution in [0, 0.1) is 82.9 Å². The van der Waals surface area contributed by atoms with Crippen LogP contribution >= 0.6 is 0 Å². The molecule has 0 N–H and O–H groups in total. The van der Waals surface area contributed by atoms with Crippen molar-refractivity contribution < 1.29 is 4.79 Å². The molecule has 1 heteroatoms. The highest BCUT2D eigenvalue weighted by molar-refractivity contribution is 5.86. The van der Waals surface area contributed by atoms with Crippen molar-refractivity contribution in [2.45, 2.75) is 54.4 Å². The van der Waals surface area contributed by atoms with Gasteiger partial charge in [-0.25, -0.2) is 0 Å². The third-order valence-corrected chi connectivity index (χ3v) is 10.8. The molecule has 5 saturated carbocycles. The van der Waals surface area contributed by atoms with E-state index in [-0.39, 0.29) is 0 Å². The number of hydrogen-bond donors (Lipinski definition) is 0. The van der Waals surface area contributed by atoms with Crippen molar-refractivity contribution in [1.82, 2.24) is 0 Å². The summed E-state index contributed by atoms with van der Waals surface area (Å²) < 4.78 is 0. The first-order valence-electron chi connectivity index (χ1n) is 10.9. The predicted molar refractivity (Wildman–Crippen MR) is 97.1 cm³/mol. The molecule has 5 aliphatic carbocycles. The Labute approximate surface area is 148 Å². The van der Waals surface area contributed by atoms with Gasteiger partial charge in [0, 0.05) is 11.8 Å². The van der Waals surface area contributed by atoms with Gasteiger partial charge in [0.05, 0.1) is 0 Å². The summed E-state index contributed by atoms with van der Waals surface area (Å²) in [6.07, 6.45) is 2.99. The fourth-order valence-electron chi connectivity index (χ4n) is 9.69. The predicted octanol–water partition coefficient (Wildman–Crippen LogP) is 5.15. The lowest BCUT2D eigenvalue weighted by atomic mass is 9.49. The number of fused-ring (bicyclic) bond motifs is 3. The number of Topliss-reactive ketones (excluding diaryl/α,β-unsaturated/α-hetero) is 1. The van der Waals surface area contributed by atoms with Gasteiger partial charge in [-0.2, -0.15) is 0 Å². The molecular weight excluding hydrogens is 292 g/mol. The molecule has 1 nitrogen and oxygen atoms in total. The molecule has 24 heavy (non-hydrogen) atoms. The Morgan fingerprint density at radius 2 is 0.958 bits per heavy atom. The van der Waals surface area contributed by atoms with Gasteiger partial charge < -0.3 is 0 Å². The van der Waals surface area contributed by atoms with E-state index in [9.17, 15) is 4.79 Å². The summed E-state index contributed by atoms with van der Waals surface area (Å²) in [5, 5.41) is 0. The lowest BCUT2D eigenvalue weighted by Gasteiger charge is -2.56. The van der Waals surface area contributed by atoms with Gasteiger partial charge in [-0.05, 0) is 83.9 Å². The second kappa shape index (κ2) is 4.89. The minimum Gasteiger partial charge on any atom is -0.299 e. The topological polar surface area (TPSA) is 17.1 Å². The summed E-state index contributed by atoms with van der Waals surface area (Å²) in [4.78, 5) is 12.9. The molecule has 0 radical (unpaired) electrons. The van der Waals surface area contributed by atoms with Gasteiger partial charge in [0.25, 0.3) is 0 Å². The summed E-state index contributed by atoms with van der Waals surface area (Å²) in [5.74, 6) is 11.7. The van der Waals surface area contributed by atoms with Crippen molar-refractivity contribution in [2.75, 3.05) is 0 Å². The molecule has 0 amide bonds. The Morgan fingerprint density at radius 3 is 1.38 bits per heavy atom. The summed E-state index contributed by atoms with van der Waals surface area (Å²) in [7, 11) is 0. The van der Waals surface area contributed by atoms with E-state index in [0.29, 0.717) is 29.5 Å². The van der Waals surface area contributed by atoms with Crippen LogP contribution in [0.25, 0.3) is 0 Å². The normalized spacial score (nSPS) is 67.3. The first-order valence-corrected chi connectivity index (χ1v) is 10.9. The average Bonchev–Trinajstić information content (AvgIpc) is 3.19. The van der Waals surface area contributed by atoms with E-state index in [4.69, 9.17) is 0 Å². The molecule has 0 aromatic heterocycles. The molecule has 0 saturated heterocycles. The fraction of sp³-hybridized carbons (Fsp3) is 0.957. The summed E-state index contributed by atoms with van der Waals surface area (Å²) >= 11 is 0. The van der Waals surface area contributed by atoms with E-state index in [1.807, 2.05) is 0 Å². The highest BCUT2D eigenvalue weighted by Crippen LogP contribution is 2.73. The summed E-state index contributed by atoms with van der Waals surface area (Å²) in [6, 6.07) is 0. The van der Waals surface area contributed by atoms with E-state index >= 15 is 0 Å². The molecule has 12 atom stereocenters. The lowest BCUT2D eigenvalue weighted by molar-refractivity contribution is -0.128. The van der Waals surface area contributed by atoms with Gasteiger partial charge in [-0.1, -0.05) is 41.5 Å². The first kappa shape index (κ1) is 15.9. The molecule has 0 bridgehead atoms. The smallest absolute Gasteiger partial charge is 0.139 e. The van der Waals surface area contributed by atoms with Crippen LogP contribution in [-0.2, 0) is 4.79 Å². The monoisotopic (exact) mass is 328 g/mol. The minimum atomic E-state index is 0.328. The van der Waals surface area contributed by atoms with Gasteiger partial charge in [-0.3, -0.25) is 4.79 Å². The maximum absolute atomic E-state index is 12.9.